The fourth-order valence-electron chi connectivity index (χ4n) is 0.689. The number of hydrogen-bond donors (Lipinski definition) is 0. The summed E-state index contributed by atoms with van der Waals surface area (Å²) >= 11 is 0. The van der Waals surface area contributed by atoms with E-state index in [0.29, 0.717) is 0 Å². The predicted molar refractivity (Wildman–Crippen MR) is 41.8 cm³/mol. The molecule has 6 nitrogen and oxygen atoms in total. The molecule has 0 bridgehead atoms. The van der Waals surface area contributed by atoms with E-state index < -0.39 is 10.4 Å². The Kier molecular flexibility index (Phi) is 9.71. The van der Waals surface area contributed by atoms with E-state index in [2.05, 4.69) is 24.0 Å². The summed E-state index contributed by atoms with van der Waals surface area (Å²) in [6.45, 7) is 3.18. The largest absolute Gasteiger partial charge is 1.00 e. The standard InChI is InChI=1S/C6H11N2.K.H2O4S/c1-3-8-5-4-7(2)6-8;;1-5(2,3)4/h4-6H,3H2,1-2H3;;(H2,1,2,3,4)/q2*+1;/p-2. The summed E-state index contributed by atoms with van der Waals surface area (Å²) in [5.74, 6) is 0. The molecule has 0 aliphatic carbocycles. The van der Waals surface area contributed by atoms with E-state index in [1.165, 1.54) is 0 Å². The zero-order chi connectivity index (χ0) is 10.5. The van der Waals surface area contributed by atoms with Crippen molar-refractivity contribution in [3.63, 3.8) is 0 Å². The first-order valence-electron chi connectivity index (χ1n) is 3.50. The van der Waals surface area contributed by atoms with Crippen LogP contribution in [0.5, 0.6) is 0 Å². The number of nitrogens with zero attached hydrogens (tertiary/aromatic N) is 2. The van der Waals surface area contributed by atoms with Crippen molar-refractivity contribution in [2.45, 2.75) is 13.5 Å². The predicted octanol–water partition coefficient (Wildman–Crippen LogP) is -4.00. The molecule has 0 aliphatic rings. The summed E-state index contributed by atoms with van der Waals surface area (Å²) in [5.41, 5.74) is 0. The molecule has 0 saturated carbocycles. The molecule has 0 saturated heterocycles. The summed E-state index contributed by atoms with van der Waals surface area (Å²) < 4.78 is 38.2. The Morgan fingerprint density at radius 1 is 1.43 bits per heavy atom. The van der Waals surface area contributed by atoms with Crippen LogP contribution in [0.2, 0.25) is 0 Å². The molecule has 1 aromatic heterocycles. The van der Waals surface area contributed by atoms with Gasteiger partial charge in [0.2, 0.25) is 6.33 Å². The van der Waals surface area contributed by atoms with E-state index in [0.717, 1.165) is 6.54 Å². The summed E-state index contributed by atoms with van der Waals surface area (Å²) in [5, 5.41) is 0. The Hall–Kier alpha value is 0.716. The molecule has 1 rings (SSSR count). The van der Waals surface area contributed by atoms with E-state index in [1.54, 1.807) is 0 Å². The second-order valence-corrected chi connectivity index (χ2v) is 3.13. The van der Waals surface area contributed by atoms with Crippen molar-refractivity contribution in [2.24, 2.45) is 7.05 Å². The third-order valence-electron chi connectivity index (χ3n) is 1.19. The van der Waals surface area contributed by atoms with Crippen molar-refractivity contribution in [3.05, 3.63) is 18.7 Å². The van der Waals surface area contributed by atoms with Crippen LogP contribution in [-0.2, 0) is 24.0 Å². The number of hydrogen-bond acceptors (Lipinski definition) is 4. The van der Waals surface area contributed by atoms with E-state index in [4.69, 9.17) is 17.5 Å². The maximum Gasteiger partial charge on any atom is 1.00 e. The van der Waals surface area contributed by atoms with Gasteiger partial charge in [0.25, 0.3) is 0 Å². The summed E-state index contributed by atoms with van der Waals surface area (Å²) in [7, 11) is -3.15. The molecule has 1 aromatic rings. The van der Waals surface area contributed by atoms with Gasteiger partial charge < -0.3 is 9.11 Å². The first-order chi connectivity index (χ1) is 5.83. The summed E-state index contributed by atoms with van der Waals surface area (Å²) in [6, 6.07) is 0. The van der Waals surface area contributed by atoms with Gasteiger partial charge in [-0.1, -0.05) is 0 Å². The minimum atomic E-state index is -5.17. The van der Waals surface area contributed by atoms with Gasteiger partial charge in [-0.15, -0.1) is 0 Å². The van der Waals surface area contributed by atoms with Crippen molar-refractivity contribution in [3.8, 4) is 0 Å². The first-order valence-corrected chi connectivity index (χ1v) is 4.84. The zero-order valence-electron chi connectivity index (χ0n) is 8.37. The average molecular weight is 246 g/mol. The van der Waals surface area contributed by atoms with Crippen LogP contribution >= 0.6 is 0 Å². The molecular formula is C6H11KN2O4S. The topological polar surface area (TPSA) is 89.1 Å². The zero-order valence-corrected chi connectivity index (χ0v) is 12.3. The van der Waals surface area contributed by atoms with Gasteiger partial charge in [0.15, 0.2) is 0 Å². The van der Waals surface area contributed by atoms with Crippen LogP contribution in [0.1, 0.15) is 6.92 Å². The molecule has 0 aliphatic heterocycles. The first kappa shape index (κ1) is 17.1. The second-order valence-electron chi connectivity index (χ2n) is 2.32. The summed E-state index contributed by atoms with van der Waals surface area (Å²) in [6.07, 6.45) is 6.14. The van der Waals surface area contributed by atoms with Crippen molar-refractivity contribution in [2.75, 3.05) is 0 Å². The van der Waals surface area contributed by atoms with Crippen LogP contribution < -0.4 is 56.0 Å². The molecule has 8 heteroatoms. The van der Waals surface area contributed by atoms with E-state index >= 15 is 0 Å². The maximum atomic E-state index is 8.52. The molecule has 14 heavy (non-hydrogen) atoms. The normalized spacial score (nSPS) is 9.71. The van der Waals surface area contributed by atoms with Crippen LogP contribution in [0.3, 0.4) is 0 Å². The molecular weight excluding hydrogens is 235 g/mol. The summed E-state index contributed by atoms with van der Waals surface area (Å²) in [4.78, 5) is 0. The van der Waals surface area contributed by atoms with Gasteiger partial charge in [-0.2, -0.15) is 0 Å². The van der Waals surface area contributed by atoms with Crippen molar-refractivity contribution in [1.82, 2.24) is 4.57 Å². The van der Waals surface area contributed by atoms with Crippen molar-refractivity contribution < 1.29 is 73.5 Å². The molecule has 0 amide bonds. The minimum Gasteiger partial charge on any atom is -0.759 e. The third-order valence-corrected chi connectivity index (χ3v) is 1.19. The molecule has 0 radical (unpaired) electrons. The molecule has 1 heterocycles. The van der Waals surface area contributed by atoms with Gasteiger partial charge in [0, 0.05) is 10.4 Å². The number of imidazole rings is 1. The van der Waals surface area contributed by atoms with Crippen LogP contribution in [0.4, 0.5) is 0 Å². The minimum absolute atomic E-state index is 0. The molecule has 0 fully saturated rings. The Labute approximate surface area is 126 Å². The van der Waals surface area contributed by atoms with Gasteiger partial charge in [0.05, 0.1) is 13.6 Å². The van der Waals surface area contributed by atoms with Crippen LogP contribution in [0.15, 0.2) is 18.7 Å². The van der Waals surface area contributed by atoms with Gasteiger partial charge in [-0.3, -0.25) is 8.42 Å². The number of rotatable bonds is 1. The van der Waals surface area contributed by atoms with Gasteiger partial charge in [0.1, 0.15) is 12.4 Å². The average Bonchev–Trinajstić information content (AvgIpc) is 2.31. The fraction of sp³-hybridized carbons (Fsp3) is 0.500. The van der Waals surface area contributed by atoms with Crippen LogP contribution in [0, 0.1) is 0 Å². The van der Waals surface area contributed by atoms with Gasteiger partial charge >= 0.3 is 51.4 Å². The SMILES string of the molecule is CCn1cc[n+](C)c1.O=S(=O)([O-])[O-].[K+]. The van der Waals surface area contributed by atoms with Crippen LogP contribution in [-0.4, -0.2) is 22.1 Å². The van der Waals surface area contributed by atoms with Gasteiger partial charge in [-0.25, -0.2) is 9.13 Å². The Morgan fingerprint density at radius 3 is 2.00 bits per heavy atom. The smallest absolute Gasteiger partial charge is 0.759 e. The van der Waals surface area contributed by atoms with Crippen molar-refractivity contribution >= 4 is 10.4 Å². The fourth-order valence-corrected chi connectivity index (χ4v) is 0.689. The van der Waals surface area contributed by atoms with E-state index in [-0.39, 0.29) is 51.4 Å². The molecule has 0 N–H and O–H groups in total. The van der Waals surface area contributed by atoms with E-state index in [1.807, 2.05) is 17.8 Å². The molecule has 0 unspecified atom stereocenters. The monoisotopic (exact) mass is 246 g/mol. The molecule has 76 valence electrons. The number of aryl methyl sites for hydroxylation is 2. The third kappa shape index (κ3) is 12.7. The maximum absolute atomic E-state index is 8.52. The molecule has 0 spiro atoms. The Morgan fingerprint density at radius 2 is 1.86 bits per heavy atom. The Balaban J connectivity index is 0. The van der Waals surface area contributed by atoms with Crippen molar-refractivity contribution in [1.29, 1.82) is 0 Å². The molecule has 0 aromatic carbocycles. The van der Waals surface area contributed by atoms with Gasteiger partial charge in [-0.05, 0) is 6.92 Å². The van der Waals surface area contributed by atoms with Crippen LogP contribution in [0.25, 0.3) is 0 Å². The van der Waals surface area contributed by atoms with E-state index in [9.17, 15) is 0 Å². The Bertz CT molecular complexity index is 340. The quantitative estimate of drug-likeness (QED) is 0.219. The molecule has 0 atom stereocenters. The second kappa shape index (κ2) is 7.94. The number of aromatic nitrogens is 2.